The van der Waals surface area contributed by atoms with Gasteiger partial charge < -0.3 is 10.3 Å². The van der Waals surface area contributed by atoms with Gasteiger partial charge in [0.15, 0.2) is 0 Å². The number of carbonyl (C=O) groups excluding carboxylic acids is 1. The van der Waals surface area contributed by atoms with Crippen LogP contribution in [0, 0.1) is 6.92 Å². The molecule has 4 rings (SSSR count). The monoisotopic (exact) mass is 468 g/mol. The van der Waals surface area contributed by atoms with Crippen LogP contribution in [0.25, 0.3) is 22.0 Å². The quantitative estimate of drug-likeness (QED) is 0.326. The standard InChI is InChI=1S/C24H18Cl2N2O2S/c1-14-11-16(25)7-9-19(14)27-21(29)13-31-23-22(15-5-3-2-4-6-15)18-12-17(26)8-10-20(18)28-24(23)30/h2-12H,13H2,1H3,(H,27,29)(H,28,30). The fourth-order valence-electron chi connectivity index (χ4n) is 3.37. The number of fused-ring (bicyclic) bond motifs is 1. The molecule has 31 heavy (non-hydrogen) atoms. The molecule has 2 N–H and O–H groups in total. The normalized spacial score (nSPS) is 10.9. The van der Waals surface area contributed by atoms with Gasteiger partial charge in [0.05, 0.1) is 10.6 Å². The largest absolute Gasteiger partial charge is 0.325 e. The van der Waals surface area contributed by atoms with Crippen molar-refractivity contribution in [3.63, 3.8) is 0 Å². The van der Waals surface area contributed by atoms with Gasteiger partial charge in [0.2, 0.25) is 5.91 Å². The number of aromatic nitrogens is 1. The number of nitrogens with one attached hydrogen (secondary N) is 2. The molecule has 0 aliphatic carbocycles. The molecule has 0 spiro atoms. The first-order chi connectivity index (χ1) is 14.9. The van der Waals surface area contributed by atoms with Gasteiger partial charge in [-0.25, -0.2) is 0 Å². The van der Waals surface area contributed by atoms with Crippen LogP contribution in [0.4, 0.5) is 5.69 Å². The van der Waals surface area contributed by atoms with Crippen molar-refractivity contribution in [1.82, 2.24) is 4.98 Å². The van der Waals surface area contributed by atoms with Gasteiger partial charge in [0.25, 0.3) is 5.56 Å². The van der Waals surface area contributed by atoms with Gasteiger partial charge in [0.1, 0.15) is 0 Å². The summed E-state index contributed by atoms with van der Waals surface area (Å²) in [5, 5.41) is 4.89. The summed E-state index contributed by atoms with van der Waals surface area (Å²) in [4.78, 5) is 28.9. The zero-order valence-corrected chi connectivity index (χ0v) is 18.9. The number of amides is 1. The molecule has 4 nitrogen and oxygen atoms in total. The van der Waals surface area contributed by atoms with E-state index >= 15 is 0 Å². The predicted molar refractivity (Wildman–Crippen MR) is 131 cm³/mol. The van der Waals surface area contributed by atoms with Crippen molar-refractivity contribution in [3.8, 4) is 11.1 Å². The van der Waals surface area contributed by atoms with E-state index in [9.17, 15) is 9.59 Å². The Hall–Kier alpha value is -2.73. The number of aromatic amines is 1. The molecule has 0 fully saturated rings. The van der Waals surface area contributed by atoms with Crippen LogP contribution in [0.1, 0.15) is 5.56 Å². The number of hydrogen-bond donors (Lipinski definition) is 2. The Labute approximate surface area is 193 Å². The summed E-state index contributed by atoms with van der Waals surface area (Å²) >= 11 is 13.4. The van der Waals surface area contributed by atoms with Crippen LogP contribution in [-0.4, -0.2) is 16.6 Å². The highest BCUT2D eigenvalue weighted by molar-refractivity contribution is 8.00. The van der Waals surface area contributed by atoms with E-state index in [0.29, 0.717) is 26.1 Å². The Balaban J connectivity index is 1.69. The summed E-state index contributed by atoms with van der Waals surface area (Å²) in [5.41, 5.74) is 3.67. The van der Waals surface area contributed by atoms with Crippen molar-refractivity contribution in [2.45, 2.75) is 11.8 Å². The maximum atomic E-state index is 12.9. The molecule has 0 atom stereocenters. The van der Waals surface area contributed by atoms with Gasteiger partial charge >= 0.3 is 0 Å². The second-order valence-corrected chi connectivity index (χ2v) is 8.87. The van der Waals surface area contributed by atoms with Gasteiger partial charge in [0, 0.05) is 32.2 Å². The van der Waals surface area contributed by atoms with E-state index < -0.39 is 0 Å². The van der Waals surface area contributed by atoms with E-state index in [-0.39, 0.29) is 17.2 Å². The van der Waals surface area contributed by atoms with Crippen molar-refractivity contribution >= 4 is 57.5 Å². The number of benzene rings is 3. The van der Waals surface area contributed by atoms with Crippen molar-refractivity contribution in [2.24, 2.45) is 0 Å². The molecule has 0 saturated heterocycles. The molecule has 1 aromatic heterocycles. The molecule has 0 bridgehead atoms. The Kier molecular flexibility index (Phi) is 6.37. The highest BCUT2D eigenvalue weighted by atomic mass is 35.5. The molecular formula is C24H18Cl2N2O2S. The molecular weight excluding hydrogens is 451 g/mol. The number of anilines is 1. The van der Waals surface area contributed by atoms with Crippen LogP contribution in [0.2, 0.25) is 10.0 Å². The van der Waals surface area contributed by atoms with Gasteiger partial charge in [-0.15, -0.1) is 11.8 Å². The highest BCUT2D eigenvalue weighted by Gasteiger charge is 2.17. The first-order valence-electron chi connectivity index (χ1n) is 9.52. The Morgan fingerprint density at radius 1 is 1.00 bits per heavy atom. The third-order valence-corrected chi connectivity index (χ3v) is 6.36. The maximum Gasteiger partial charge on any atom is 0.262 e. The smallest absolute Gasteiger partial charge is 0.262 e. The number of halogens is 2. The number of rotatable bonds is 5. The molecule has 0 aliphatic rings. The Morgan fingerprint density at radius 3 is 2.45 bits per heavy atom. The molecule has 0 aliphatic heterocycles. The summed E-state index contributed by atoms with van der Waals surface area (Å²) in [6.45, 7) is 1.87. The van der Waals surface area contributed by atoms with Crippen molar-refractivity contribution < 1.29 is 4.79 Å². The van der Waals surface area contributed by atoms with Gasteiger partial charge in [-0.1, -0.05) is 53.5 Å². The first-order valence-corrected chi connectivity index (χ1v) is 11.3. The topological polar surface area (TPSA) is 62.0 Å². The number of hydrogen-bond acceptors (Lipinski definition) is 3. The van der Waals surface area contributed by atoms with Gasteiger partial charge in [-0.05, 0) is 54.4 Å². The van der Waals surface area contributed by atoms with E-state index in [0.717, 1.165) is 22.1 Å². The Morgan fingerprint density at radius 2 is 1.71 bits per heavy atom. The third-order valence-electron chi connectivity index (χ3n) is 4.81. The van der Waals surface area contributed by atoms with E-state index in [2.05, 4.69) is 10.3 Å². The van der Waals surface area contributed by atoms with Crippen LogP contribution in [0.5, 0.6) is 0 Å². The lowest BCUT2D eigenvalue weighted by Crippen LogP contribution is -2.17. The van der Waals surface area contributed by atoms with Gasteiger partial charge in [-0.2, -0.15) is 0 Å². The SMILES string of the molecule is Cc1cc(Cl)ccc1NC(=O)CSc1c(-c2ccccc2)c2cc(Cl)ccc2[nH]c1=O. The first kappa shape index (κ1) is 21.5. The number of carbonyl (C=O) groups is 1. The Bertz CT molecular complexity index is 1340. The fraction of sp³-hybridized carbons (Fsp3) is 0.0833. The molecule has 4 aromatic rings. The van der Waals surface area contributed by atoms with E-state index in [4.69, 9.17) is 23.2 Å². The molecule has 1 heterocycles. The van der Waals surface area contributed by atoms with Crippen LogP contribution in [-0.2, 0) is 4.79 Å². The molecule has 7 heteroatoms. The summed E-state index contributed by atoms with van der Waals surface area (Å²) < 4.78 is 0. The molecule has 3 aromatic carbocycles. The van der Waals surface area contributed by atoms with Crippen LogP contribution in [0.15, 0.2) is 76.4 Å². The molecule has 0 radical (unpaired) electrons. The minimum atomic E-state index is -0.242. The summed E-state index contributed by atoms with van der Waals surface area (Å²) in [5.74, 6) is -0.128. The molecule has 156 valence electrons. The second-order valence-electron chi connectivity index (χ2n) is 7.01. The fourth-order valence-corrected chi connectivity index (χ4v) is 4.67. The zero-order chi connectivity index (χ0) is 22.0. The number of H-pyrrole nitrogens is 1. The minimum absolute atomic E-state index is 0.0804. The minimum Gasteiger partial charge on any atom is -0.325 e. The predicted octanol–water partition coefficient (Wildman–Crippen LogP) is 6.54. The van der Waals surface area contributed by atoms with Gasteiger partial charge in [-0.3, -0.25) is 9.59 Å². The average molecular weight is 469 g/mol. The lowest BCUT2D eigenvalue weighted by molar-refractivity contribution is -0.113. The lowest BCUT2D eigenvalue weighted by Gasteiger charge is -2.13. The van der Waals surface area contributed by atoms with Crippen LogP contribution < -0.4 is 10.9 Å². The second kappa shape index (κ2) is 9.18. The summed E-state index contributed by atoms with van der Waals surface area (Å²) in [6.07, 6.45) is 0. The zero-order valence-electron chi connectivity index (χ0n) is 16.5. The van der Waals surface area contributed by atoms with E-state index in [1.807, 2.05) is 43.3 Å². The average Bonchev–Trinajstić information content (AvgIpc) is 2.75. The van der Waals surface area contributed by atoms with Crippen LogP contribution >= 0.6 is 35.0 Å². The number of pyridine rings is 1. The number of thioether (sulfide) groups is 1. The molecule has 0 unspecified atom stereocenters. The van der Waals surface area contributed by atoms with Crippen molar-refractivity contribution in [1.29, 1.82) is 0 Å². The third kappa shape index (κ3) is 4.79. The summed E-state index contributed by atoms with van der Waals surface area (Å²) in [6, 6.07) is 20.3. The maximum absolute atomic E-state index is 12.9. The number of aryl methyl sites for hydroxylation is 1. The highest BCUT2D eigenvalue weighted by Crippen LogP contribution is 2.35. The molecule has 0 saturated carbocycles. The lowest BCUT2D eigenvalue weighted by atomic mass is 10.0. The van der Waals surface area contributed by atoms with Crippen molar-refractivity contribution in [2.75, 3.05) is 11.1 Å². The van der Waals surface area contributed by atoms with E-state index in [1.165, 1.54) is 11.8 Å². The van der Waals surface area contributed by atoms with Crippen molar-refractivity contribution in [3.05, 3.63) is 92.7 Å². The molecule has 1 amide bonds. The van der Waals surface area contributed by atoms with Crippen LogP contribution in [0.3, 0.4) is 0 Å². The summed E-state index contributed by atoms with van der Waals surface area (Å²) in [7, 11) is 0. The van der Waals surface area contributed by atoms with E-state index in [1.54, 1.807) is 30.3 Å².